The highest BCUT2D eigenvalue weighted by atomic mass is 16.5. The normalized spacial score (nSPS) is 19.2. The highest BCUT2D eigenvalue weighted by Gasteiger charge is 2.28. The van der Waals surface area contributed by atoms with E-state index >= 15 is 0 Å². The zero-order chi connectivity index (χ0) is 30.3. The first-order valence-corrected chi connectivity index (χ1v) is 16.1. The zero-order valence-corrected chi connectivity index (χ0v) is 25.6. The smallest absolute Gasteiger partial charge is 0.337 e. The molecule has 45 heavy (non-hydrogen) atoms. The summed E-state index contributed by atoms with van der Waals surface area (Å²) in [5.74, 6) is 2.32. The second-order valence-corrected chi connectivity index (χ2v) is 12.6. The molecule has 10 heteroatoms. The molecule has 8 rings (SSSR count). The van der Waals surface area contributed by atoms with Crippen LogP contribution in [0.5, 0.6) is 5.88 Å². The summed E-state index contributed by atoms with van der Waals surface area (Å²) in [6, 6.07) is 20.2. The number of hydrogen-bond acceptors (Lipinski definition) is 8. The van der Waals surface area contributed by atoms with E-state index in [4.69, 9.17) is 29.3 Å². The summed E-state index contributed by atoms with van der Waals surface area (Å²) in [6.45, 7) is 4.62. The van der Waals surface area contributed by atoms with Gasteiger partial charge < -0.3 is 18.8 Å². The van der Waals surface area contributed by atoms with Gasteiger partial charge in [-0.2, -0.15) is 5.10 Å². The Balaban J connectivity index is 0.925. The first-order valence-electron chi connectivity index (χ1n) is 16.1. The second kappa shape index (κ2) is 11.9. The molecule has 1 atom stereocenters. The highest BCUT2D eigenvalue weighted by Crippen LogP contribution is 2.39. The molecule has 1 aliphatic carbocycles. The van der Waals surface area contributed by atoms with Crippen LogP contribution in [0.3, 0.4) is 0 Å². The van der Waals surface area contributed by atoms with Crippen molar-refractivity contribution in [1.82, 2.24) is 29.0 Å². The van der Waals surface area contributed by atoms with Crippen LogP contribution in [0.15, 0.2) is 60.7 Å². The standard InChI is InChI=1S/C35H38N6O4/c1-43-35(42)25-10-11-30-32(18-25)40(20-28-14-17-44-28)33(36-30)21-39-15-12-24(13-16-39)29-6-3-7-34(37-29)45-22-27-5-2-4-26-19-31(23-8-9-23)38-41(26)27/h2-7,10-11,18-19,23-24,28H,8-9,12-17,20-22H2,1H3/t28-/m0/s1. The molecular formula is C35H38N6O4. The number of aromatic nitrogens is 5. The summed E-state index contributed by atoms with van der Waals surface area (Å²) in [7, 11) is 1.41. The van der Waals surface area contributed by atoms with Crippen LogP contribution in [0.4, 0.5) is 0 Å². The van der Waals surface area contributed by atoms with Gasteiger partial charge in [-0.05, 0) is 87.7 Å². The van der Waals surface area contributed by atoms with Crippen molar-refractivity contribution in [2.24, 2.45) is 0 Å². The fourth-order valence-electron chi connectivity index (χ4n) is 6.63. The van der Waals surface area contributed by atoms with E-state index in [-0.39, 0.29) is 12.1 Å². The van der Waals surface area contributed by atoms with Gasteiger partial charge in [-0.1, -0.05) is 12.1 Å². The number of carbonyl (C=O) groups is 1. The van der Waals surface area contributed by atoms with Gasteiger partial charge in [0.25, 0.3) is 0 Å². The summed E-state index contributed by atoms with van der Waals surface area (Å²) in [5.41, 5.74) is 6.79. The molecule has 6 heterocycles. The van der Waals surface area contributed by atoms with Crippen LogP contribution in [0.25, 0.3) is 16.6 Å². The molecule has 1 aromatic carbocycles. The van der Waals surface area contributed by atoms with E-state index in [2.05, 4.69) is 45.9 Å². The van der Waals surface area contributed by atoms with Crippen LogP contribution < -0.4 is 4.74 Å². The Morgan fingerprint density at radius 2 is 1.76 bits per heavy atom. The number of hydrogen-bond donors (Lipinski definition) is 0. The number of nitrogens with zero attached hydrogens (tertiary/aromatic N) is 6. The molecule has 10 nitrogen and oxygen atoms in total. The van der Waals surface area contributed by atoms with E-state index < -0.39 is 0 Å². The number of esters is 1. The molecule has 2 aliphatic heterocycles. The van der Waals surface area contributed by atoms with E-state index in [1.807, 2.05) is 22.7 Å². The molecule has 5 aromatic rings. The van der Waals surface area contributed by atoms with E-state index in [0.29, 0.717) is 29.9 Å². The molecule has 0 bridgehead atoms. The van der Waals surface area contributed by atoms with Crippen LogP contribution in [-0.4, -0.2) is 67.9 Å². The molecule has 232 valence electrons. The number of rotatable bonds is 10. The maximum atomic E-state index is 12.2. The first-order chi connectivity index (χ1) is 22.1. The maximum absolute atomic E-state index is 12.2. The predicted octanol–water partition coefficient (Wildman–Crippen LogP) is 5.49. The number of imidazole rings is 1. The molecule has 1 saturated carbocycles. The third-order valence-electron chi connectivity index (χ3n) is 9.49. The highest BCUT2D eigenvalue weighted by molar-refractivity contribution is 5.93. The SMILES string of the molecule is COC(=O)c1ccc2nc(CN3CCC(c4cccc(OCc5cccc6cc(C7CC7)nn56)n4)CC3)n(C[C@@H]3CCO3)c2c1. The van der Waals surface area contributed by atoms with Crippen LogP contribution in [0.2, 0.25) is 0 Å². The van der Waals surface area contributed by atoms with E-state index in [1.54, 1.807) is 6.07 Å². The maximum Gasteiger partial charge on any atom is 0.337 e. The van der Waals surface area contributed by atoms with E-state index in [0.717, 1.165) is 85.8 Å². The van der Waals surface area contributed by atoms with Crippen LogP contribution in [0, 0.1) is 0 Å². The number of ether oxygens (including phenoxy) is 3. The largest absolute Gasteiger partial charge is 0.471 e. The average Bonchev–Trinajstić information content (AvgIpc) is 3.72. The quantitative estimate of drug-likeness (QED) is 0.193. The number of fused-ring (bicyclic) bond motifs is 2. The molecule has 3 fully saturated rings. The topological polar surface area (TPSA) is 96.0 Å². The Hall–Kier alpha value is -4.28. The van der Waals surface area contributed by atoms with Gasteiger partial charge in [0.05, 0.1) is 59.8 Å². The minimum atomic E-state index is -0.339. The number of methoxy groups -OCH3 is 1. The van der Waals surface area contributed by atoms with Crippen molar-refractivity contribution in [2.75, 3.05) is 26.8 Å². The van der Waals surface area contributed by atoms with Crippen molar-refractivity contribution in [2.45, 2.75) is 69.7 Å². The van der Waals surface area contributed by atoms with Gasteiger partial charge in [0.1, 0.15) is 12.4 Å². The molecule has 2 saturated heterocycles. The average molecular weight is 607 g/mol. The van der Waals surface area contributed by atoms with Crippen LogP contribution in [0.1, 0.15) is 77.2 Å². The van der Waals surface area contributed by atoms with E-state index in [1.165, 1.54) is 25.6 Å². The molecule has 0 spiro atoms. The summed E-state index contributed by atoms with van der Waals surface area (Å²) in [6.07, 6.45) is 5.74. The lowest BCUT2D eigenvalue weighted by Crippen LogP contribution is -2.35. The third-order valence-corrected chi connectivity index (χ3v) is 9.49. The van der Waals surface area contributed by atoms with E-state index in [9.17, 15) is 4.79 Å². The van der Waals surface area contributed by atoms with Crippen molar-refractivity contribution in [3.63, 3.8) is 0 Å². The number of carbonyl (C=O) groups excluding carboxylic acids is 1. The minimum absolute atomic E-state index is 0.182. The van der Waals surface area contributed by atoms with Crippen LogP contribution in [-0.2, 0) is 29.2 Å². The summed E-state index contributed by atoms with van der Waals surface area (Å²) >= 11 is 0. The Bertz CT molecular complexity index is 1850. The van der Waals surface area contributed by atoms with Crippen molar-refractivity contribution < 1.29 is 19.0 Å². The second-order valence-electron chi connectivity index (χ2n) is 12.6. The fourth-order valence-corrected chi connectivity index (χ4v) is 6.63. The molecule has 0 unspecified atom stereocenters. The fraction of sp³-hybridized carbons (Fsp3) is 0.429. The molecule has 3 aliphatic rings. The molecule has 0 N–H and O–H groups in total. The predicted molar refractivity (Wildman–Crippen MR) is 168 cm³/mol. The van der Waals surface area contributed by atoms with Crippen molar-refractivity contribution in [1.29, 1.82) is 0 Å². The Kier molecular flexibility index (Phi) is 7.46. The zero-order valence-electron chi connectivity index (χ0n) is 25.6. The van der Waals surface area contributed by atoms with Gasteiger partial charge in [0, 0.05) is 30.2 Å². The summed E-state index contributed by atoms with van der Waals surface area (Å²) < 4.78 is 21.2. The number of benzene rings is 1. The lowest BCUT2D eigenvalue weighted by Gasteiger charge is -2.32. The van der Waals surface area contributed by atoms with Gasteiger partial charge in [0.15, 0.2) is 0 Å². The van der Waals surface area contributed by atoms with Gasteiger partial charge in [0.2, 0.25) is 5.88 Å². The minimum Gasteiger partial charge on any atom is -0.471 e. The lowest BCUT2D eigenvalue weighted by atomic mass is 9.93. The molecule has 0 amide bonds. The van der Waals surface area contributed by atoms with Crippen molar-refractivity contribution >= 4 is 22.5 Å². The molecular weight excluding hydrogens is 568 g/mol. The molecule has 0 radical (unpaired) electrons. The van der Waals surface area contributed by atoms with Gasteiger partial charge in [-0.25, -0.2) is 19.3 Å². The Morgan fingerprint density at radius 3 is 2.53 bits per heavy atom. The van der Waals surface area contributed by atoms with Gasteiger partial charge in [-0.3, -0.25) is 4.90 Å². The van der Waals surface area contributed by atoms with Crippen molar-refractivity contribution in [3.05, 3.63) is 89.1 Å². The summed E-state index contributed by atoms with van der Waals surface area (Å²) in [5, 5.41) is 4.85. The number of likely N-dealkylation sites (tertiary alicyclic amines) is 1. The van der Waals surface area contributed by atoms with Gasteiger partial charge in [-0.15, -0.1) is 0 Å². The number of piperidine rings is 1. The summed E-state index contributed by atoms with van der Waals surface area (Å²) in [4.78, 5) is 24.6. The third kappa shape index (κ3) is 5.80. The Morgan fingerprint density at radius 1 is 0.933 bits per heavy atom. The van der Waals surface area contributed by atoms with Gasteiger partial charge >= 0.3 is 5.97 Å². The Labute approximate surface area is 261 Å². The first kappa shape index (κ1) is 28.2. The van der Waals surface area contributed by atoms with Crippen molar-refractivity contribution in [3.8, 4) is 5.88 Å². The number of pyridine rings is 2. The monoisotopic (exact) mass is 606 g/mol. The molecule has 4 aromatic heterocycles. The van der Waals surface area contributed by atoms with Crippen LogP contribution >= 0.6 is 0 Å². The lowest BCUT2D eigenvalue weighted by molar-refractivity contribution is -0.0592.